The predicted molar refractivity (Wildman–Crippen MR) is 84.2 cm³/mol. The van der Waals surface area contributed by atoms with Crippen LogP contribution < -0.4 is 5.32 Å². The van der Waals surface area contributed by atoms with Gasteiger partial charge in [0, 0.05) is 25.7 Å². The van der Waals surface area contributed by atoms with Crippen LogP contribution in [0.5, 0.6) is 0 Å². The Bertz CT molecular complexity index is 351. The van der Waals surface area contributed by atoms with Crippen molar-refractivity contribution in [2.24, 2.45) is 0 Å². The van der Waals surface area contributed by atoms with E-state index in [1.54, 1.807) is 0 Å². The van der Waals surface area contributed by atoms with E-state index in [0.29, 0.717) is 0 Å². The van der Waals surface area contributed by atoms with E-state index >= 15 is 0 Å². The highest BCUT2D eigenvalue weighted by atomic mass is 16.5. The van der Waals surface area contributed by atoms with Crippen LogP contribution >= 0.6 is 0 Å². The number of hydrogen-bond acceptors (Lipinski definition) is 5. The van der Waals surface area contributed by atoms with Crippen molar-refractivity contribution in [3.8, 4) is 6.07 Å². The fraction of sp³-hybridized carbons (Fsp3) is 0.938. The Labute approximate surface area is 129 Å². The van der Waals surface area contributed by atoms with Gasteiger partial charge in [-0.05, 0) is 52.7 Å². The minimum Gasteiger partial charge on any atom is -0.379 e. The molecular weight excluding hydrogens is 264 g/mol. The Morgan fingerprint density at radius 1 is 1.29 bits per heavy atom. The smallest absolute Gasteiger partial charge is 0.103 e. The van der Waals surface area contributed by atoms with Gasteiger partial charge >= 0.3 is 0 Å². The molecule has 0 radical (unpaired) electrons. The quantitative estimate of drug-likeness (QED) is 0.712. The minimum atomic E-state index is -0.360. The summed E-state index contributed by atoms with van der Waals surface area (Å²) in [5, 5.41) is 12.2. The summed E-state index contributed by atoms with van der Waals surface area (Å²) in [5.41, 5.74) is -0.360. The highest BCUT2D eigenvalue weighted by molar-refractivity contribution is 5.02. The molecule has 120 valence electrons. The Balaban J connectivity index is 1.61. The fourth-order valence-electron chi connectivity index (χ4n) is 3.31. The number of morpholine rings is 1. The van der Waals surface area contributed by atoms with E-state index in [1.165, 1.54) is 32.5 Å². The molecule has 0 amide bonds. The van der Waals surface area contributed by atoms with Crippen molar-refractivity contribution in [3.63, 3.8) is 0 Å². The zero-order chi connectivity index (χ0) is 15.1. The summed E-state index contributed by atoms with van der Waals surface area (Å²) in [5.74, 6) is 0. The highest BCUT2D eigenvalue weighted by Gasteiger charge is 2.28. The predicted octanol–water partition coefficient (Wildman–Crippen LogP) is 1.06. The average Bonchev–Trinajstić information content (AvgIpc) is 3.01. The van der Waals surface area contributed by atoms with Crippen molar-refractivity contribution in [1.82, 2.24) is 15.1 Å². The number of nitrogens with zero attached hydrogens (tertiary/aromatic N) is 3. The summed E-state index contributed by atoms with van der Waals surface area (Å²) in [7, 11) is 1.87. The minimum absolute atomic E-state index is 0.360. The van der Waals surface area contributed by atoms with Gasteiger partial charge in [-0.2, -0.15) is 5.26 Å². The standard InChI is InChI=1S/C16H30N4O/c1-16(14-17,18-2)6-3-4-7-19-8-5-15(13-19)20-9-11-21-12-10-20/h15,18H,3-13H2,1-2H3. The summed E-state index contributed by atoms with van der Waals surface area (Å²) in [6.45, 7) is 9.58. The summed E-state index contributed by atoms with van der Waals surface area (Å²) >= 11 is 0. The van der Waals surface area contributed by atoms with Crippen LogP contribution in [0.25, 0.3) is 0 Å². The van der Waals surface area contributed by atoms with Crippen LogP contribution in [0.1, 0.15) is 32.6 Å². The summed E-state index contributed by atoms with van der Waals surface area (Å²) < 4.78 is 5.43. The molecule has 2 aliphatic rings. The average molecular weight is 294 g/mol. The van der Waals surface area contributed by atoms with Gasteiger partial charge in [0.05, 0.1) is 19.3 Å². The van der Waals surface area contributed by atoms with Crippen molar-refractivity contribution < 1.29 is 4.74 Å². The maximum absolute atomic E-state index is 9.14. The van der Waals surface area contributed by atoms with Crippen molar-refractivity contribution in [3.05, 3.63) is 0 Å². The Hall–Kier alpha value is -0.670. The molecule has 0 bridgehead atoms. The second kappa shape index (κ2) is 8.09. The lowest BCUT2D eigenvalue weighted by Crippen LogP contribution is -2.44. The van der Waals surface area contributed by atoms with Gasteiger partial charge in [-0.25, -0.2) is 0 Å². The van der Waals surface area contributed by atoms with Gasteiger partial charge in [0.25, 0.3) is 0 Å². The zero-order valence-electron chi connectivity index (χ0n) is 13.6. The van der Waals surface area contributed by atoms with Crippen molar-refractivity contribution >= 4 is 0 Å². The van der Waals surface area contributed by atoms with E-state index < -0.39 is 0 Å². The number of unbranched alkanes of at least 4 members (excludes halogenated alkanes) is 1. The molecular formula is C16H30N4O. The molecule has 2 unspecified atom stereocenters. The van der Waals surface area contributed by atoms with Crippen molar-refractivity contribution in [2.75, 3.05) is 53.0 Å². The first kappa shape index (κ1) is 16.7. The van der Waals surface area contributed by atoms with Crippen LogP contribution in [-0.4, -0.2) is 74.4 Å². The molecule has 2 heterocycles. The largest absolute Gasteiger partial charge is 0.379 e. The molecule has 0 aliphatic carbocycles. The Morgan fingerprint density at radius 3 is 2.71 bits per heavy atom. The first-order valence-corrected chi connectivity index (χ1v) is 8.31. The third-order valence-electron chi connectivity index (χ3n) is 5.01. The fourth-order valence-corrected chi connectivity index (χ4v) is 3.31. The van der Waals surface area contributed by atoms with E-state index in [1.807, 2.05) is 14.0 Å². The molecule has 1 N–H and O–H groups in total. The van der Waals surface area contributed by atoms with Crippen molar-refractivity contribution in [1.29, 1.82) is 5.26 Å². The van der Waals surface area contributed by atoms with Crippen LogP contribution in [0.2, 0.25) is 0 Å². The van der Waals surface area contributed by atoms with E-state index in [-0.39, 0.29) is 5.54 Å². The molecule has 21 heavy (non-hydrogen) atoms. The highest BCUT2D eigenvalue weighted by Crippen LogP contribution is 2.18. The summed E-state index contributed by atoms with van der Waals surface area (Å²) in [6, 6.07) is 3.10. The number of likely N-dealkylation sites (tertiary alicyclic amines) is 1. The topological polar surface area (TPSA) is 51.5 Å². The Morgan fingerprint density at radius 2 is 2.05 bits per heavy atom. The van der Waals surface area contributed by atoms with Gasteiger partial charge in [0.2, 0.25) is 0 Å². The molecule has 0 spiro atoms. The maximum Gasteiger partial charge on any atom is 0.103 e. The van der Waals surface area contributed by atoms with Crippen molar-refractivity contribution in [2.45, 2.75) is 44.2 Å². The third kappa shape index (κ3) is 4.93. The van der Waals surface area contributed by atoms with Crippen LogP contribution in [0.15, 0.2) is 0 Å². The molecule has 0 aromatic heterocycles. The second-order valence-electron chi connectivity index (χ2n) is 6.54. The second-order valence-corrected chi connectivity index (χ2v) is 6.54. The maximum atomic E-state index is 9.14. The Kier molecular flexibility index (Phi) is 6.43. The van der Waals surface area contributed by atoms with Gasteiger partial charge in [-0.15, -0.1) is 0 Å². The van der Waals surface area contributed by atoms with Gasteiger partial charge < -0.3 is 15.0 Å². The van der Waals surface area contributed by atoms with E-state index in [2.05, 4.69) is 21.2 Å². The van der Waals surface area contributed by atoms with Gasteiger partial charge in [-0.1, -0.05) is 0 Å². The number of ether oxygens (including phenoxy) is 1. The molecule has 0 saturated carbocycles. The lowest BCUT2D eigenvalue weighted by atomic mass is 9.97. The first-order valence-electron chi connectivity index (χ1n) is 8.31. The van der Waals surface area contributed by atoms with Crippen LogP contribution in [0, 0.1) is 11.3 Å². The van der Waals surface area contributed by atoms with Gasteiger partial charge in [-0.3, -0.25) is 4.90 Å². The van der Waals surface area contributed by atoms with Crippen LogP contribution in [0.3, 0.4) is 0 Å². The number of rotatable bonds is 7. The summed E-state index contributed by atoms with van der Waals surface area (Å²) in [4.78, 5) is 5.18. The normalized spacial score (nSPS) is 27.4. The summed E-state index contributed by atoms with van der Waals surface area (Å²) in [6.07, 6.45) is 4.53. The van der Waals surface area contributed by atoms with E-state index in [9.17, 15) is 0 Å². The molecule has 2 atom stereocenters. The molecule has 0 aromatic rings. The lowest BCUT2D eigenvalue weighted by Gasteiger charge is -2.32. The molecule has 2 rings (SSSR count). The van der Waals surface area contributed by atoms with E-state index in [4.69, 9.17) is 10.00 Å². The van der Waals surface area contributed by atoms with Gasteiger partial charge in [0.15, 0.2) is 0 Å². The zero-order valence-corrected chi connectivity index (χ0v) is 13.6. The molecule has 5 heteroatoms. The first-order chi connectivity index (χ1) is 10.2. The number of nitriles is 1. The third-order valence-corrected chi connectivity index (χ3v) is 5.01. The molecule has 0 aromatic carbocycles. The molecule has 2 fully saturated rings. The SMILES string of the molecule is CNC(C)(C#N)CCCCN1CCC(N2CCOCC2)C1. The lowest BCUT2D eigenvalue weighted by molar-refractivity contribution is 0.0185. The van der Waals surface area contributed by atoms with Crippen LogP contribution in [-0.2, 0) is 4.74 Å². The monoisotopic (exact) mass is 294 g/mol. The van der Waals surface area contributed by atoms with Gasteiger partial charge in [0.1, 0.15) is 5.54 Å². The molecule has 2 saturated heterocycles. The van der Waals surface area contributed by atoms with E-state index in [0.717, 1.165) is 45.2 Å². The number of hydrogen-bond donors (Lipinski definition) is 1. The number of nitrogens with one attached hydrogen (secondary N) is 1. The van der Waals surface area contributed by atoms with Crippen LogP contribution in [0.4, 0.5) is 0 Å². The molecule has 2 aliphatic heterocycles. The molecule has 5 nitrogen and oxygen atoms in total.